The predicted molar refractivity (Wildman–Crippen MR) is 251 cm³/mol. The van der Waals surface area contributed by atoms with Crippen LogP contribution in [0, 0.1) is 6.92 Å². The predicted octanol–water partition coefficient (Wildman–Crippen LogP) is 13.6. The summed E-state index contributed by atoms with van der Waals surface area (Å²) in [6.07, 6.45) is 5.87. The Kier molecular flexibility index (Phi) is 8.25. The largest absolute Gasteiger partial charge is 0.427 e. The van der Waals surface area contributed by atoms with Crippen molar-refractivity contribution >= 4 is 60.3 Å². The first kappa shape index (κ1) is 35.9. The van der Waals surface area contributed by atoms with Gasteiger partial charge in [0.05, 0.1) is 17.1 Å². The van der Waals surface area contributed by atoms with Crippen LogP contribution in [0.5, 0.6) is 5.75 Å². The Hall–Kier alpha value is -7.04. The van der Waals surface area contributed by atoms with Gasteiger partial charge in [-0.2, -0.15) is 0 Å². The Balaban J connectivity index is 0.839. The number of benzene rings is 8. The molecule has 0 fully saturated rings. The fourth-order valence-corrected chi connectivity index (χ4v) is 10.9. The number of nitrogens with zero attached hydrogens (tertiary/aromatic N) is 1. The maximum Gasteiger partial charge on any atom is 0.311 e. The highest BCUT2D eigenvalue weighted by atomic mass is 16.5. The van der Waals surface area contributed by atoms with Crippen LogP contribution in [0.2, 0.25) is 0 Å². The number of allylic oxidation sites excluding steroid dienone is 2. The van der Waals surface area contributed by atoms with E-state index in [-0.39, 0.29) is 5.97 Å². The molecule has 4 heteroatoms. The van der Waals surface area contributed by atoms with Gasteiger partial charge in [-0.15, -0.1) is 0 Å². The van der Waals surface area contributed by atoms with Gasteiger partial charge in [-0.3, -0.25) is 4.79 Å². The van der Waals surface area contributed by atoms with Crippen molar-refractivity contribution in [3.63, 3.8) is 0 Å². The molecule has 1 aromatic heterocycles. The van der Waals surface area contributed by atoms with Gasteiger partial charge in [-0.05, 0) is 152 Å². The number of hydrogen-bond donors (Lipinski definition) is 1. The summed E-state index contributed by atoms with van der Waals surface area (Å²) in [6.45, 7) is 4.50. The van der Waals surface area contributed by atoms with Gasteiger partial charge in [0.15, 0.2) is 0 Å². The van der Waals surface area contributed by atoms with E-state index in [2.05, 4.69) is 146 Å². The lowest BCUT2D eigenvalue weighted by atomic mass is 9.84. The third kappa shape index (κ3) is 5.65. The minimum absolute atomic E-state index is 0.216. The molecular formula is C57H44N2O2. The van der Waals surface area contributed by atoms with Gasteiger partial charge in [0.2, 0.25) is 0 Å². The van der Waals surface area contributed by atoms with Gasteiger partial charge < -0.3 is 9.72 Å². The second-order valence-electron chi connectivity index (χ2n) is 17.1. The van der Waals surface area contributed by atoms with E-state index >= 15 is 0 Å². The van der Waals surface area contributed by atoms with Gasteiger partial charge in [0.1, 0.15) is 5.75 Å². The lowest BCUT2D eigenvalue weighted by Crippen LogP contribution is -2.13. The molecule has 1 N–H and O–H groups in total. The van der Waals surface area contributed by atoms with Crippen molar-refractivity contribution in [3.05, 3.63) is 201 Å². The van der Waals surface area contributed by atoms with Gasteiger partial charge in [0, 0.05) is 28.8 Å². The number of aryl methyl sites for hydroxylation is 3. The molecule has 0 atom stereocenters. The zero-order valence-corrected chi connectivity index (χ0v) is 34.5. The number of ether oxygens (including phenoxy) is 1. The number of hydrogen-bond acceptors (Lipinski definition) is 3. The van der Waals surface area contributed by atoms with Crippen LogP contribution in [0.25, 0.3) is 59.9 Å². The highest BCUT2D eigenvalue weighted by molar-refractivity contribution is 6.33. The number of H-pyrrole nitrogens is 1. The number of rotatable bonds is 7. The van der Waals surface area contributed by atoms with Gasteiger partial charge in [-0.25, -0.2) is 4.99 Å². The molecule has 9 aromatic rings. The Labute approximate surface area is 355 Å². The number of aromatic amines is 1. The molecular weight excluding hydrogens is 745 g/mol. The second-order valence-corrected chi connectivity index (χ2v) is 17.1. The van der Waals surface area contributed by atoms with Crippen molar-refractivity contribution in [2.75, 3.05) is 0 Å². The van der Waals surface area contributed by atoms with Crippen LogP contribution >= 0.6 is 0 Å². The molecule has 0 unspecified atom stereocenters. The smallest absolute Gasteiger partial charge is 0.311 e. The van der Waals surface area contributed by atoms with Crippen LogP contribution in [0.1, 0.15) is 70.8 Å². The molecule has 3 aliphatic rings. The third-order valence-corrected chi connectivity index (χ3v) is 13.8. The topological polar surface area (TPSA) is 54.4 Å². The summed E-state index contributed by atoms with van der Waals surface area (Å²) >= 11 is 0. The first-order valence-electron chi connectivity index (χ1n) is 21.8. The highest BCUT2D eigenvalue weighted by Crippen LogP contribution is 2.45. The molecule has 8 aromatic carbocycles. The highest BCUT2D eigenvalue weighted by Gasteiger charge is 2.32. The lowest BCUT2D eigenvalue weighted by Gasteiger charge is -2.18. The minimum atomic E-state index is -0.216. The Morgan fingerprint density at radius 2 is 1.30 bits per heavy atom. The minimum Gasteiger partial charge on any atom is -0.427 e. The number of aromatic nitrogens is 1. The van der Waals surface area contributed by atoms with E-state index in [0.29, 0.717) is 18.6 Å². The average Bonchev–Trinajstić information content (AvgIpc) is 3.82. The molecule has 4 nitrogen and oxygen atoms in total. The van der Waals surface area contributed by atoms with E-state index in [1.165, 1.54) is 98.9 Å². The van der Waals surface area contributed by atoms with Crippen molar-refractivity contribution < 1.29 is 9.53 Å². The number of carbonyl (C=O) groups is 1. The molecule has 0 spiro atoms. The van der Waals surface area contributed by atoms with Gasteiger partial charge in [-0.1, -0.05) is 127 Å². The SMILES string of the molecule is CC1=C2CCc3ccccc3C2=N/C1=C(/c1ccc(OC(=O)CCCc2ccc3c4cccc5cccc(c6cccc2c63)c54)cc1)c1[nH]c2c(c1C)CCc1ccccc1-2. The van der Waals surface area contributed by atoms with Gasteiger partial charge in [0.25, 0.3) is 0 Å². The van der Waals surface area contributed by atoms with Crippen molar-refractivity contribution in [3.8, 4) is 17.0 Å². The summed E-state index contributed by atoms with van der Waals surface area (Å²) in [7, 11) is 0. The fraction of sp³-hybridized carbons (Fsp3) is 0.158. The number of nitrogens with one attached hydrogen (secondary N) is 1. The van der Waals surface area contributed by atoms with Crippen molar-refractivity contribution in [1.29, 1.82) is 0 Å². The van der Waals surface area contributed by atoms with Crippen LogP contribution in [-0.2, 0) is 30.5 Å². The van der Waals surface area contributed by atoms with E-state index in [1.54, 1.807) is 0 Å². The molecule has 12 rings (SSSR count). The molecule has 0 amide bonds. The molecule has 1 aliphatic heterocycles. The van der Waals surface area contributed by atoms with Crippen LogP contribution in [-0.4, -0.2) is 16.7 Å². The summed E-state index contributed by atoms with van der Waals surface area (Å²) in [5.41, 5.74) is 18.3. The maximum absolute atomic E-state index is 13.4. The Morgan fingerprint density at radius 3 is 2.08 bits per heavy atom. The van der Waals surface area contributed by atoms with Crippen LogP contribution < -0.4 is 4.74 Å². The Morgan fingerprint density at radius 1 is 0.639 bits per heavy atom. The number of fused-ring (bicyclic) bond motifs is 8. The Bertz CT molecular complexity index is 3340. The normalized spacial score (nSPS) is 15.3. The lowest BCUT2D eigenvalue weighted by molar-refractivity contribution is -0.134. The van der Waals surface area contributed by atoms with Crippen LogP contribution in [0.4, 0.5) is 0 Å². The summed E-state index contributed by atoms with van der Waals surface area (Å²) in [5.74, 6) is 0.339. The van der Waals surface area contributed by atoms with Crippen molar-refractivity contribution in [2.24, 2.45) is 4.99 Å². The van der Waals surface area contributed by atoms with E-state index in [9.17, 15) is 4.79 Å². The number of esters is 1. The first-order chi connectivity index (χ1) is 30.0. The molecule has 0 saturated carbocycles. The third-order valence-electron chi connectivity index (χ3n) is 13.8. The summed E-state index contributed by atoms with van der Waals surface area (Å²) in [5, 5.41) is 10.3. The van der Waals surface area contributed by atoms with Gasteiger partial charge >= 0.3 is 5.97 Å². The number of carbonyl (C=O) groups excluding carboxylic acids is 1. The zero-order chi connectivity index (χ0) is 40.8. The number of aliphatic imine (C=N–C) groups is 1. The quantitative estimate of drug-likeness (QED) is 0.0757. The van der Waals surface area contributed by atoms with Crippen molar-refractivity contribution in [1.82, 2.24) is 4.98 Å². The monoisotopic (exact) mass is 788 g/mol. The van der Waals surface area contributed by atoms with E-state index in [1.807, 2.05) is 12.1 Å². The van der Waals surface area contributed by atoms with E-state index in [0.717, 1.165) is 60.3 Å². The molecule has 2 aliphatic carbocycles. The average molecular weight is 789 g/mol. The van der Waals surface area contributed by atoms with Crippen LogP contribution in [0.3, 0.4) is 0 Å². The molecule has 0 radical (unpaired) electrons. The first-order valence-corrected chi connectivity index (χ1v) is 21.8. The van der Waals surface area contributed by atoms with E-state index < -0.39 is 0 Å². The molecule has 0 bridgehead atoms. The summed E-state index contributed by atoms with van der Waals surface area (Å²) < 4.78 is 6.01. The van der Waals surface area contributed by atoms with E-state index in [4.69, 9.17) is 9.73 Å². The second kappa shape index (κ2) is 14.0. The molecule has 0 saturated heterocycles. The molecule has 294 valence electrons. The molecule has 2 heterocycles. The maximum atomic E-state index is 13.4. The molecule has 61 heavy (non-hydrogen) atoms. The summed E-state index contributed by atoms with van der Waals surface area (Å²) in [6, 6.07) is 50.0. The standard InChI is InChI=1S/C57H44N2O2/c1-33-41-30-25-36-11-3-5-16-44(36)56(41)58-54(33)52(55-34(2)42-31-26-37-12-4-6-17-45(37)57(42)59-55)39-23-28-40(29-24-39)61-50(60)22-9-13-35-27-32-49-47-20-8-15-38-14-7-19-46(51(38)47)48-21-10-18-43(35)53(48)49/h3-8,10-12,14-21,23-24,27-29,32,58H,9,13,22,25-26,30-31H2,1-2H3/b55-52-. The zero-order valence-electron chi connectivity index (χ0n) is 34.5. The van der Waals surface area contributed by atoms with Crippen molar-refractivity contribution in [2.45, 2.75) is 58.8 Å². The summed E-state index contributed by atoms with van der Waals surface area (Å²) in [4.78, 5) is 22.8. The van der Waals surface area contributed by atoms with Crippen LogP contribution in [0.15, 0.2) is 161 Å². The fourth-order valence-electron chi connectivity index (χ4n) is 10.9.